The van der Waals surface area contributed by atoms with Gasteiger partial charge >= 0.3 is 0 Å². The van der Waals surface area contributed by atoms with Crippen LogP contribution in [0.2, 0.25) is 5.02 Å². The van der Waals surface area contributed by atoms with Crippen LogP contribution in [0.5, 0.6) is 0 Å². The minimum absolute atomic E-state index is 0.152. The molecule has 5 rings (SSSR count). The number of halogens is 1. The Morgan fingerprint density at radius 1 is 1.21 bits per heavy atom. The first kappa shape index (κ1) is 18.4. The van der Waals surface area contributed by atoms with Gasteiger partial charge in [-0.2, -0.15) is 10.1 Å². The number of rotatable bonds is 2. The van der Waals surface area contributed by atoms with Gasteiger partial charge in [0.15, 0.2) is 5.65 Å². The molecule has 8 nitrogen and oxygen atoms in total. The quantitative estimate of drug-likeness (QED) is 0.668. The fourth-order valence-electron chi connectivity index (χ4n) is 4.98. The lowest BCUT2D eigenvalue weighted by molar-refractivity contribution is 0.225. The van der Waals surface area contributed by atoms with Crippen LogP contribution in [0, 0.1) is 5.41 Å². The summed E-state index contributed by atoms with van der Waals surface area (Å²) in [5.41, 5.74) is 7.66. The van der Waals surface area contributed by atoms with Gasteiger partial charge in [-0.05, 0) is 37.2 Å². The summed E-state index contributed by atoms with van der Waals surface area (Å²) in [6, 6.07) is 1.70. The van der Waals surface area contributed by atoms with Crippen molar-refractivity contribution in [3.63, 3.8) is 0 Å². The van der Waals surface area contributed by atoms with Gasteiger partial charge in [0.25, 0.3) is 5.56 Å². The number of aromatic nitrogens is 5. The van der Waals surface area contributed by atoms with E-state index in [0.29, 0.717) is 33.7 Å². The molecule has 3 aromatic heterocycles. The summed E-state index contributed by atoms with van der Waals surface area (Å²) in [5, 5.41) is 7.93. The number of fused-ring (bicyclic) bond motifs is 1. The molecule has 9 heteroatoms. The second kappa shape index (κ2) is 6.73. The van der Waals surface area contributed by atoms with E-state index >= 15 is 0 Å². The van der Waals surface area contributed by atoms with Gasteiger partial charge < -0.3 is 10.6 Å². The summed E-state index contributed by atoms with van der Waals surface area (Å²) in [5.74, 6) is 0.891. The molecule has 29 heavy (non-hydrogen) atoms. The maximum Gasteiger partial charge on any atom is 0.266 e. The fourth-order valence-corrected chi connectivity index (χ4v) is 5.18. The number of piperidine rings is 1. The molecule has 1 aliphatic heterocycles. The number of nitrogen functional groups attached to an aromatic ring is 1. The second-order valence-corrected chi connectivity index (χ2v) is 8.70. The molecular weight excluding hydrogens is 390 g/mol. The predicted octanol–water partition coefficient (Wildman–Crippen LogP) is 3.11. The van der Waals surface area contributed by atoms with E-state index in [0.717, 1.165) is 13.1 Å². The van der Waals surface area contributed by atoms with Gasteiger partial charge in [-0.25, -0.2) is 4.98 Å². The molecule has 3 N–H and O–H groups in total. The maximum absolute atomic E-state index is 13.2. The highest BCUT2D eigenvalue weighted by atomic mass is 35.5. The Kier molecular flexibility index (Phi) is 4.27. The van der Waals surface area contributed by atoms with E-state index in [1.165, 1.54) is 38.5 Å². The molecule has 0 aromatic carbocycles. The van der Waals surface area contributed by atoms with E-state index in [4.69, 9.17) is 22.3 Å². The van der Waals surface area contributed by atoms with E-state index in [1.54, 1.807) is 23.9 Å². The van der Waals surface area contributed by atoms with E-state index < -0.39 is 0 Å². The highest BCUT2D eigenvalue weighted by molar-refractivity contribution is 6.35. The monoisotopic (exact) mass is 413 g/mol. The van der Waals surface area contributed by atoms with Crippen molar-refractivity contribution in [3.8, 4) is 11.3 Å². The fraction of sp³-hybridized carbons (Fsp3) is 0.500. The largest absolute Gasteiger partial charge is 0.382 e. The Morgan fingerprint density at radius 2 is 1.93 bits per heavy atom. The Labute approximate surface area is 173 Å². The molecule has 0 unspecified atom stereocenters. The molecule has 1 saturated heterocycles. The van der Waals surface area contributed by atoms with E-state index in [9.17, 15) is 4.79 Å². The molecule has 1 saturated carbocycles. The number of H-pyrrole nitrogens is 1. The average molecular weight is 414 g/mol. The molecule has 2 aliphatic rings. The molecule has 4 heterocycles. The standard InChI is InChI=1S/C20H24ClN7O/c1-27-18(29)13-15(12-4-9-23-16(22)14(12)21)25-26-17(13)24-19(27)28-10-7-20(8-11-28)5-2-3-6-20/h4,9H,2-3,5-8,10-11H2,1H3,(H2,22,23)(H,25,26). The van der Waals surface area contributed by atoms with Crippen LogP contribution in [0.4, 0.5) is 11.8 Å². The molecule has 0 atom stereocenters. The zero-order valence-electron chi connectivity index (χ0n) is 16.4. The van der Waals surface area contributed by atoms with Crippen LogP contribution in [0.15, 0.2) is 17.1 Å². The van der Waals surface area contributed by atoms with Crippen molar-refractivity contribution in [1.82, 2.24) is 24.7 Å². The Bertz CT molecular complexity index is 1140. The first-order valence-corrected chi connectivity index (χ1v) is 10.5. The minimum atomic E-state index is -0.152. The number of anilines is 2. The SMILES string of the molecule is Cn1c(N2CCC3(CCCC3)CC2)nc2[nH]nc(-c3ccnc(N)c3Cl)c2c1=O. The summed E-state index contributed by atoms with van der Waals surface area (Å²) in [7, 11) is 1.77. The van der Waals surface area contributed by atoms with E-state index in [-0.39, 0.29) is 16.4 Å². The lowest BCUT2D eigenvalue weighted by Crippen LogP contribution is -2.41. The number of hydrogen-bond donors (Lipinski definition) is 2. The van der Waals surface area contributed by atoms with E-state index in [2.05, 4.69) is 20.1 Å². The topological polar surface area (TPSA) is 106 Å². The minimum Gasteiger partial charge on any atom is -0.382 e. The summed E-state index contributed by atoms with van der Waals surface area (Å²) in [6.45, 7) is 1.86. The van der Waals surface area contributed by atoms with Crippen LogP contribution in [0.3, 0.4) is 0 Å². The molecular formula is C20H24ClN7O. The van der Waals surface area contributed by atoms with Crippen LogP contribution in [-0.2, 0) is 7.05 Å². The van der Waals surface area contributed by atoms with Crippen LogP contribution < -0.4 is 16.2 Å². The summed E-state index contributed by atoms with van der Waals surface area (Å²) in [4.78, 5) is 24.2. The Morgan fingerprint density at radius 3 is 2.66 bits per heavy atom. The number of pyridine rings is 1. The summed E-state index contributed by atoms with van der Waals surface area (Å²) >= 11 is 6.31. The number of nitrogens with two attached hydrogens (primary N) is 1. The molecule has 1 spiro atoms. The van der Waals surface area contributed by atoms with Gasteiger partial charge in [0.05, 0.1) is 5.02 Å². The number of aromatic amines is 1. The lowest BCUT2D eigenvalue weighted by atomic mass is 9.77. The molecule has 152 valence electrons. The molecule has 3 aromatic rings. The molecule has 0 radical (unpaired) electrons. The summed E-state index contributed by atoms with van der Waals surface area (Å²) < 4.78 is 1.62. The third-order valence-corrected chi connectivity index (χ3v) is 7.12. The Hall–Kier alpha value is -2.61. The van der Waals surface area contributed by atoms with Crippen molar-refractivity contribution in [2.24, 2.45) is 12.5 Å². The summed E-state index contributed by atoms with van der Waals surface area (Å²) in [6.07, 6.45) is 9.26. The van der Waals surface area contributed by atoms with Crippen LogP contribution in [0.1, 0.15) is 38.5 Å². The smallest absolute Gasteiger partial charge is 0.266 e. The highest BCUT2D eigenvalue weighted by Crippen LogP contribution is 2.46. The first-order chi connectivity index (χ1) is 14.0. The van der Waals surface area contributed by atoms with Crippen LogP contribution >= 0.6 is 11.6 Å². The number of hydrogen-bond acceptors (Lipinski definition) is 6. The van der Waals surface area contributed by atoms with Crippen molar-refractivity contribution in [2.75, 3.05) is 23.7 Å². The van der Waals surface area contributed by atoms with Crippen LogP contribution in [-0.4, -0.2) is 37.8 Å². The van der Waals surface area contributed by atoms with Crippen molar-refractivity contribution < 1.29 is 0 Å². The van der Waals surface area contributed by atoms with Crippen LogP contribution in [0.25, 0.3) is 22.3 Å². The third-order valence-electron chi connectivity index (χ3n) is 6.72. The van der Waals surface area contributed by atoms with Crippen molar-refractivity contribution in [3.05, 3.63) is 27.6 Å². The zero-order valence-corrected chi connectivity index (χ0v) is 17.2. The highest BCUT2D eigenvalue weighted by Gasteiger charge is 2.37. The van der Waals surface area contributed by atoms with Gasteiger partial charge in [-0.3, -0.25) is 14.5 Å². The lowest BCUT2D eigenvalue weighted by Gasteiger charge is -2.40. The van der Waals surface area contributed by atoms with Crippen molar-refractivity contribution in [1.29, 1.82) is 0 Å². The van der Waals surface area contributed by atoms with Gasteiger partial charge in [-0.15, -0.1) is 0 Å². The predicted molar refractivity (Wildman–Crippen MR) is 114 cm³/mol. The number of nitrogens with zero attached hydrogens (tertiary/aromatic N) is 5. The molecule has 0 bridgehead atoms. The second-order valence-electron chi connectivity index (χ2n) is 8.32. The zero-order chi connectivity index (χ0) is 20.2. The average Bonchev–Trinajstić information content (AvgIpc) is 3.35. The maximum atomic E-state index is 13.2. The molecule has 1 aliphatic carbocycles. The van der Waals surface area contributed by atoms with Gasteiger partial charge in [0.1, 0.15) is 16.9 Å². The first-order valence-electron chi connectivity index (χ1n) is 10.1. The van der Waals surface area contributed by atoms with Gasteiger partial charge in [-0.1, -0.05) is 24.4 Å². The van der Waals surface area contributed by atoms with Crippen molar-refractivity contribution >= 4 is 34.4 Å². The molecule has 0 amide bonds. The van der Waals surface area contributed by atoms with Gasteiger partial charge in [0.2, 0.25) is 5.95 Å². The normalized spacial score (nSPS) is 18.8. The van der Waals surface area contributed by atoms with Crippen molar-refractivity contribution in [2.45, 2.75) is 38.5 Å². The third kappa shape index (κ3) is 2.88. The van der Waals surface area contributed by atoms with Gasteiger partial charge in [0, 0.05) is 31.9 Å². The van der Waals surface area contributed by atoms with E-state index in [1.807, 2.05) is 0 Å². The molecule has 2 fully saturated rings. The Balaban J connectivity index is 1.54. The number of nitrogens with one attached hydrogen (secondary N) is 1.